The van der Waals surface area contributed by atoms with E-state index in [9.17, 15) is 9.90 Å². The summed E-state index contributed by atoms with van der Waals surface area (Å²) in [6, 6.07) is 29.2. The lowest BCUT2D eigenvalue weighted by Gasteiger charge is -2.24. The molecule has 3 nitrogen and oxygen atoms in total. The Morgan fingerprint density at radius 1 is 0.800 bits per heavy atom. The topological polar surface area (TPSA) is 49.3 Å². The van der Waals surface area contributed by atoms with Gasteiger partial charge in [0.2, 0.25) is 0 Å². The fourth-order valence-corrected chi connectivity index (χ4v) is 4.70. The van der Waals surface area contributed by atoms with E-state index in [0.29, 0.717) is 6.42 Å². The smallest absolute Gasteiger partial charge is 0.321 e. The van der Waals surface area contributed by atoms with Gasteiger partial charge in [-0.15, -0.1) is 0 Å². The molecule has 0 spiro atoms. The van der Waals surface area contributed by atoms with Crippen molar-refractivity contribution in [3.8, 4) is 0 Å². The van der Waals surface area contributed by atoms with Gasteiger partial charge in [0.25, 0.3) is 0 Å². The van der Waals surface area contributed by atoms with Crippen molar-refractivity contribution in [3.05, 3.63) is 96.6 Å². The van der Waals surface area contributed by atoms with Gasteiger partial charge in [-0.05, 0) is 22.6 Å². The van der Waals surface area contributed by atoms with Crippen LogP contribution in [0.3, 0.4) is 0 Å². The minimum Gasteiger partial charge on any atom is -0.480 e. The number of carbonyl (C=O) groups is 1. The fraction of sp³-hybridized carbons (Fsp3) is 0.0952. The first-order chi connectivity index (χ1) is 12.2. The second-order valence-corrected chi connectivity index (χ2v) is 7.68. The van der Waals surface area contributed by atoms with Crippen molar-refractivity contribution in [2.75, 3.05) is 0 Å². The summed E-state index contributed by atoms with van der Waals surface area (Å²) >= 11 is 0. The largest absolute Gasteiger partial charge is 0.480 e. The molecule has 126 valence electrons. The molecular formula is C21H20NO2P. The molecule has 3 rings (SSSR count). The lowest BCUT2D eigenvalue weighted by Crippen LogP contribution is -2.39. The fourth-order valence-electron chi connectivity index (χ4n) is 2.65. The maximum atomic E-state index is 11.8. The normalized spacial score (nSPS) is 12.0. The van der Waals surface area contributed by atoms with E-state index in [2.05, 4.69) is 5.09 Å². The van der Waals surface area contributed by atoms with Gasteiger partial charge in [0.05, 0.1) is 0 Å². The van der Waals surface area contributed by atoms with Gasteiger partial charge in [-0.3, -0.25) is 9.88 Å². The van der Waals surface area contributed by atoms with Crippen molar-refractivity contribution in [3.63, 3.8) is 0 Å². The van der Waals surface area contributed by atoms with Gasteiger partial charge in [0, 0.05) is 8.07 Å². The van der Waals surface area contributed by atoms with Crippen LogP contribution in [-0.2, 0) is 11.2 Å². The third-order valence-corrected chi connectivity index (χ3v) is 6.09. The number of carboxylic acid groups (broad SMARTS) is 1. The minimum absolute atomic E-state index is 0.453. The number of hydrogen-bond donors (Lipinski definition) is 2. The first-order valence-electron chi connectivity index (χ1n) is 8.17. The molecule has 3 aromatic carbocycles. The lowest BCUT2D eigenvalue weighted by atomic mass is 10.1. The van der Waals surface area contributed by atoms with Crippen molar-refractivity contribution in [2.24, 2.45) is 0 Å². The molecule has 0 radical (unpaired) electrons. The monoisotopic (exact) mass is 349 g/mol. The van der Waals surface area contributed by atoms with E-state index in [-0.39, 0.29) is 0 Å². The summed E-state index contributed by atoms with van der Waals surface area (Å²) in [7, 11) is -0.950. The van der Waals surface area contributed by atoms with Gasteiger partial charge in [-0.2, -0.15) is 0 Å². The number of rotatable bonds is 7. The van der Waals surface area contributed by atoms with Gasteiger partial charge in [0.15, 0.2) is 0 Å². The molecule has 0 amide bonds. The van der Waals surface area contributed by atoms with Crippen LogP contribution in [0.1, 0.15) is 5.56 Å². The molecule has 0 aliphatic heterocycles. The Hall–Kier alpha value is -2.48. The second-order valence-electron chi connectivity index (χ2n) is 5.72. The summed E-state index contributed by atoms with van der Waals surface area (Å²) in [6.45, 7) is 0. The summed E-state index contributed by atoms with van der Waals surface area (Å²) < 4.78 is 0. The summed E-state index contributed by atoms with van der Waals surface area (Å²) in [4.78, 5) is 11.8. The van der Waals surface area contributed by atoms with Gasteiger partial charge in [0.1, 0.15) is 6.04 Å². The standard InChI is InChI=1S/C21H20NO2P/c23-21(24)20(16-17-10-4-1-5-11-17)22-25(18-12-6-2-7-13-18)19-14-8-3-9-15-19/h1-15,20,22H,16H2,(H,23,24). The van der Waals surface area contributed by atoms with Crippen LogP contribution in [0.5, 0.6) is 0 Å². The molecule has 0 aliphatic rings. The summed E-state index contributed by atoms with van der Waals surface area (Å²) in [5, 5.41) is 15.4. The molecule has 0 fully saturated rings. The van der Waals surface area contributed by atoms with Gasteiger partial charge in [-0.1, -0.05) is 91.0 Å². The Kier molecular flexibility index (Phi) is 5.95. The molecular weight excluding hydrogens is 329 g/mol. The first kappa shape index (κ1) is 17.3. The average Bonchev–Trinajstić information content (AvgIpc) is 2.67. The summed E-state index contributed by atoms with van der Waals surface area (Å²) in [5.41, 5.74) is 1.01. The SMILES string of the molecule is O=C(O)C(Cc1ccccc1)NP(c1ccccc1)c1ccccc1. The van der Waals surface area contributed by atoms with Crippen LogP contribution in [-0.4, -0.2) is 17.1 Å². The third-order valence-electron chi connectivity index (χ3n) is 3.89. The molecule has 25 heavy (non-hydrogen) atoms. The highest BCUT2D eigenvalue weighted by molar-refractivity contribution is 7.71. The van der Waals surface area contributed by atoms with Gasteiger partial charge >= 0.3 is 5.97 Å². The van der Waals surface area contributed by atoms with Crippen molar-refractivity contribution in [2.45, 2.75) is 12.5 Å². The van der Waals surface area contributed by atoms with Crippen LogP contribution < -0.4 is 15.7 Å². The Morgan fingerprint density at radius 2 is 1.24 bits per heavy atom. The maximum absolute atomic E-state index is 11.8. The van der Waals surface area contributed by atoms with E-state index in [1.807, 2.05) is 91.0 Å². The first-order valence-corrected chi connectivity index (χ1v) is 9.51. The molecule has 0 saturated heterocycles. The number of hydrogen-bond acceptors (Lipinski definition) is 2. The number of benzene rings is 3. The van der Waals surface area contributed by atoms with E-state index < -0.39 is 20.1 Å². The van der Waals surface area contributed by atoms with Crippen molar-refractivity contribution < 1.29 is 9.90 Å². The van der Waals surface area contributed by atoms with E-state index in [4.69, 9.17) is 0 Å². The Labute approximate surface area is 149 Å². The highest BCUT2D eigenvalue weighted by Crippen LogP contribution is 2.30. The van der Waals surface area contributed by atoms with Crippen LogP contribution in [0.2, 0.25) is 0 Å². The van der Waals surface area contributed by atoms with Gasteiger partial charge < -0.3 is 5.11 Å². The van der Waals surface area contributed by atoms with Crippen LogP contribution >= 0.6 is 8.07 Å². The molecule has 2 N–H and O–H groups in total. The lowest BCUT2D eigenvalue weighted by molar-refractivity contribution is -0.138. The number of nitrogens with one attached hydrogen (secondary N) is 1. The van der Waals surface area contributed by atoms with Crippen LogP contribution in [0, 0.1) is 0 Å². The molecule has 0 aliphatic carbocycles. The van der Waals surface area contributed by atoms with E-state index in [1.54, 1.807) is 0 Å². The zero-order valence-corrected chi connectivity index (χ0v) is 14.6. The Morgan fingerprint density at radius 3 is 1.68 bits per heavy atom. The van der Waals surface area contributed by atoms with Crippen molar-refractivity contribution in [1.82, 2.24) is 5.09 Å². The molecule has 0 aromatic heterocycles. The molecule has 0 bridgehead atoms. The Balaban J connectivity index is 1.88. The third kappa shape index (κ3) is 4.76. The zero-order valence-electron chi connectivity index (χ0n) is 13.7. The predicted molar refractivity (Wildman–Crippen MR) is 104 cm³/mol. The van der Waals surface area contributed by atoms with Crippen LogP contribution in [0.15, 0.2) is 91.0 Å². The maximum Gasteiger partial charge on any atom is 0.321 e. The molecule has 1 unspecified atom stereocenters. The quantitative estimate of drug-likeness (QED) is 0.644. The highest BCUT2D eigenvalue weighted by Gasteiger charge is 2.24. The molecule has 3 aromatic rings. The van der Waals surface area contributed by atoms with E-state index >= 15 is 0 Å². The zero-order chi connectivity index (χ0) is 17.5. The second kappa shape index (κ2) is 8.57. The Bertz CT molecular complexity index is 754. The minimum atomic E-state index is -0.950. The van der Waals surface area contributed by atoms with E-state index in [0.717, 1.165) is 16.2 Å². The molecule has 0 heterocycles. The molecule has 0 saturated carbocycles. The summed E-state index contributed by atoms with van der Waals surface area (Å²) in [5.74, 6) is -0.830. The van der Waals surface area contributed by atoms with Crippen molar-refractivity contribution in [1.29, 1.82) is 0 Å². The van der Waals surface area contributed by atoms with Crippen molar-refractivity contribution >= 4 is 24.7 Å². The molecule has 1 atom stereocenters. The van der Waals surface area contributed by atoms with Crippen LogP contribution in [0.4, 0.5) is 0 Å². The van der Waals surface area contributed by atoms with Crippen LogP contribution in [0.25, 0.3) is 0 Å². The number of aliphatic carboxylic acids is 1. The molecule has 4 heteroatoms. The average molecular weight is 349 g/mol. The summed E-state index contributed by atoms with van der Waals surface area (Å²) in [6.07, 6.45) is 0.453. The highest BCUT2D eigenvalue weighted by atomic mass is 31.1. The number of carboxylic acids is 1. The predicted octanol–water partition coefficient (Wildman–Crippen LogP) is 3.32. The van der Waals surface area contributed by atoms with E-state index in [1.165, 1.54) is 0 Å². The van der Waals surface area contributed by atoms with Gasteiger partial charge in [-0.25, -0.2) is 0 Å².